The Bertz CT molecular complexity index is 23.7. The molecule has 0 bridgehead atoms. The van der Waals surface area contributed by atoms with E-state index in [1.165, 1.54) is 6.42 Å². The number of nitrogens with one attached hydrogen (secondary N) is 1. The van der Waals surface area contributed by atoms with Gasteiger partial charge >= 0.3 is 0 Å². The summed E-state index contributed by atoms with van der Waals surface area (Å²) in [6.07, 6.45) is 2.29. The van der Waals surface area contributed by atoms with Crippen LogP contribution in [0.15, 0.2) is 0 Å². The van der Waals surface area contributed by atoms with Crippen LogP contribution in [0.3, 0.4) is 0 Å². The normalized spacial score (nSPS) is 7.71. The Morgan fingerprint density at radius 1 is 1.57 bits per heavy atom. The van der Waals surface area contributed by atoms with Gasteiger partial charge in [0.2, 0.25) is 0 Å². The van der Waals surface area contributed by atoms with Gasteiger partial charge in [0, 0.05) is 0 Å². The molecular weight excluding hydrogens is 97.0 g/mol. The lowest BCUT2D eigenvalue weighted by molar-refractivity contribution is -0.00000270. The molecule has 46 valence electrons. The minimum absolute atomic E-state index is 0. The quantitative estimate of drug-likeness (QED) is 0.234. The zero-order valence-electron chi connectivity index (χ0n) is 4.50. The Morgan fingerprint density at radius 3 is 2.29 bits per heavy atom. The first-order valence-electron chi connectivity index (χ1n) is 2.31. The Balaban J connectivity index is 0. The maximum absolute atomic E-state index is 6.46. The summed E-state index contributed by atoms with van der Waals surface area (Å²) in [5.41, 5.74) is 2.32. The van der Waals surface area contributed by atoms with Crippen LogP contribution in [0.25, 0.3) is 0 Å². The van der Waals surface area contributed by atoms with Crippen molar-refractivity contribution in [2.75, 3.05) is 6.54 Å². The molecule has 0 saturated carbocycles. The van der Waals surface area contributed by atoms with E-state index in [0.717, 1.165) is 13.0 Å². The SMILES string of the molecule is CCCCN[OH2+].[F-]. The molecule has 0 fully saturated rings. The Kier molecular flexibility index (Phi) is 13.2. The molecule has 0 unspecified atom stereocenters. The van der Waals surface area contributed by atoms with Crippen molar-refractivity contribution >= 4 is 0 Å². The molecule has 0 radical (unpaired) electrons. The van der Waals surface area contributed by atoms with Gasteiger partial charge in [-0.15, -0.1) is 0 Å². The maximum atomic E-state index is 6.46. The highest BCUT2D eigenvalue weighted by Crippen LogP contribution is 1.79. The van der Waals surface area contributed by atoms with Crippen molar-refractivity contribution in [1.82, 2.24) is 5.48 Å². The van der Waals surface area contributed by atoms with Gasteiger partial charge in [-0.1, -0.05) is 18.8 Å². The van der Waals surface area contributed by atoms with E-state index in [1.54, 1.807) is 0 Å². The fourth-order valence-electron chi connectivity index (χ4n) is 0.265. The van der Waals surface area contributed by atoms with Gasteiger partial charge in [-0.2, -0.15) is 0 Å². The van der Waals surface area contributed by atoms with E-state index < -0.39 is 0 Å². The van der Waals surface area contributed by atoms with E-state index in [2.05, 4.69) is 12.4 Å². The highest BCUT2D eigenvalue weighted by molar-refractivity contribution is 4.30. The number of hydrogen-bond acceptors (Lipinski definition) is 1. The summed E-state index contributed by atoms with van der Waals surface area (Å²) in [5, 5.41) is 6.46. The van der Waals surface area contributed by atoms with Crippen molar-refractivity contribution in [2.24, 2.45) is 0 Å². The molecule has 0 aliphatic rings. The molecule has 0 amide bonds. The first-order valence-corrected chi connectivity index (χ1v) is 2.31. The molecule has 3 N–H and O–H groups in total. The van der Waals surface area contributed by atoms with E-state index in [4.69, 9.17) is 5.21 Å². The van der Waals surface area contributed by atoms with Gasteiger partial charge in [0.1, 0.15) is 0 Å². The van der Waals surface area contributed by atoms with Gasteiger partial charge in [0.15, 0.2) is 0 Å². The number of halogens is 1. The molecule has 0 atom stereocenters. The lowest BCUT2D eigenvalue weighted by Crippen LogP contribution is -3.00. The van der Waals surface area contributed by atoms with Crippen LogP contribution < -0.4 is 10.2 Å². The molecule has 0 spiro atoms. The van der Waals surface area contributed by atoms with E-state index in [0.29, 0.717) is 0 Å². The molecule has 0 aromatic rings. The average molecular weight is 109 g/mol. The highest BCUT2D eigenvalue weighted by atomic mass is 19.0. The average Bonchev–Trinajstić information content (AvgIpc) is 1.61. The smallest absolute Gasteiger partial charge is 0.0636 e. The molecule has 0 aliphatic heterocycles. The van der Waals surface area contributed by atoms with Crippen LogP contribution in [0, 0.1) is 0 Å². The van der Waals surface area contributed by atoms with Crippen molar-refractivity contribution in [3.8, 4) is 0 Å². The summed E-state index contributed by atoms with van der Waals surface area (Å²) in [4.78, 5) is 0. The number of rotatable bonds is 3. The third-order valence-corrected chi connectivity index (χ3v) is 0.655. The molecule has 0 saturated heterocycles. The Morgan fingerprint density at radius 2 is 2.14 bits per heavy atom. The van der Waals surface area contributed by atoms with Crippen molar-refractivity contribution in [3.05, 3.63) is 0 Å². The van der Waals surface area contributed by atoms with Gasteiger partial charge in [-0.25, -0.2) is 0 Å². The minimum atomic E-state index is 0. The zero-order valence-corrected chi connectivity index (χ0v) is 4.50. The summed E-state index contributed by atoms with van der Waals surface area (Å²) in [7, 11) is 0. The second-order valence-electron chi connectivity index (χ2n) is 1.28. The zero-order chi connectivity index (χ0) is 4.83. The predicted molar refractivity (Wildman–Crippen MR) is 26.5 cm³/mol. The van der Waals surface area contributed by atoms with Crippen LogP contribution in [-0.2, 0) is 0 Å². The molecule has 0 aliphatic carbocycles. The van der Waals surface area contributed by atoms with Crippen LogP contribution in [-0.4, -0.2) is 11.8 Å². The molecule has 0 aromatic carbocycles. The standard InChI is InChI=1S/C4H11NO.FH/c1-2-3-4-5-6;/h5-6H,2-4H2,1H3;1H. The summed E-state index contributed by atoms with van der Waals surface area (Å²) >= 11 is 0. The van der Waals surface area contributed by atoms with Crippen LogP contribution in [0.1, 0.15) is 19.8 Å². The van der Waals surface area contributed by atoms with Crippen molar-refractivity contribution < 1.29 is 9.91 Å². The van der Waals surface area contributed by atoms with Crippen LogP contribution >= 0.6 is 0 Å². The second kappa shape index (κ2) is 9.28. The van der Waals surface area contributed by atoms with Gasteiger partial charge in [0.05, 0.1) is 6.54 Å². The first-order chi connectivity index (χ1) is 2.91. The minimum Gasteiger partial charge on any atom is -1.00 e. The summed E-state index contributed by atoms with van der Waals surface area (Å²) < 4.78 is 0. The van der Waals surface area contributed by atoms with E-state index >= 15 is 0 Å². The summed E-state index contributed by atoms with van der Waals surface area (Å²) in [5.74, 6) is 0. The van der Waals surface area contributed by atoms with E-state index in [-0.39, 0.29) is 4.70 Å². The molecule has 7 heavy (non-hydrogen) atoms. The van der Waals surface area contributed by atoms with Crippen molar-refractivity contribution in [2.45, 2.75) is 19.8 Å². The lowest BCUT2D eigenvalue weighted by Gasteiger charge is -1.85. The monoisotopic (exact) mass is 109 g/mol. The molecule has 2 nitrogen and oxygen atoms in total. The first kappa shape index (κ1) is 9.97. The fourth-order valence-corrected chi connectivity index (χ4v) is 0.265. The van der Waals surface area contributed by atoms with E-state index in [1.807, 2.05) is 0 Å². The van der Waals surface area contributed by atoms with Gasteiger partial charge in [0.25, 0.3) is 0 Å². The topological polar surface area (TPSA) is 34.9 Å². The predicted octanol–water partition coefficient (Wildman–Crippen LogP) is -2.98. The number of hydroxylamine groups is 1. The molecule has 0 aromatic heterocycles. The van der Waals surface area contributed by atoms with Gasteiger partial charge in [-0.3, -0.25) is 0 Å². The van der Waals surface area contributed by atoms with Crippen LogP contribution in [0.5, 0.6) is 0 Å². The largest absolute Gasteiger partial charge is 1.00 e. The summed E-state index contributed by atoms with van der Waals surface area (Å²) in [6, 6.07) is 0. The molecular formula is C4H12FNO. The molecule has 3 heteroatoms. The second-order valence-corrected chi connectivity index (χ2v) is 1.28. The van der Waals surface area contributed by atoms with Crippen LogP contribution in [0.2, 0.25) is 0 Å². The fraction of sp³-hybridized carbons (Fsp3) is 1.00. The van der Waals surface area contributed by atoms with E-state index in [9.17, 15) is 0 Å². The van der Waals surface area contributed by atoms with Crippen molar-refractivity contribution in [1.29, 1.82) is 0 Å². The molecule has 0 rings (SSSR count). The third-order valence-electron chi connectivity index (χ3n) is 0.655. The Hall–Kier alpha value is -0.150. The van der Waals surface area contributed by atoms with Gasteiger partial charge < -0.3 is 9.91 Å². The lowest BCUT2D eigenvalue weighted by atomic mass is 10.3. The summed E-state index contributed by atoms with van der Waals surface area (Å²) in [6.45, 7) is 2.94. The molecule has 0 heterocycles. The number of hydrogen-bond donors (Lipinski definition) is 1. The highest BCUT2D eigenvalue weighted by Gasteiger charge is 1.77. The third kappa shape index (κ3) is 10.7. The van der Waals surface area contributed by atoms with Crippen molar-refractivity contribution in [3.63, 3.8) is 0 Å². The maximum Gasteiger partial charge on any atom is 0.0636 e. The van der Waals surface area contributed by atoms with Crippen LogP contribution in [0.4, 0.5) is 0 Å². The number of unbranched alkanes of at least 4 members (excludes halogenated alkanes) is 1. The van der Waals surface area contributed by atoms with Gasteiger partial charge in [-0.05, 0) is 6.42 Å². The Labute approximate surface area is 42.9 Å².